The Kier molecular flexibility index (Phi) is 13.8. The average Bonchev–Trinajstić information content (AvgIpc) is 2.76. The van der Waals surface area contributed by atoms with Crippen molar-refractivity contribution in [3.05, 3.63) is 77.5 Å². The fraction of sp³-hybridized carbons (Fsp3) is 0.429. The normalized spacial score (nSPS) is 14.9. The van der Waals surface area contributed by atoms with Gasteiger partial charge in [-0.2, -0.15) is 0 Å². The van der Waals surface area contributed by atoms with Crippen LogP contribution in [0, 0.1) is 0 Å². The van der Waals surface area contributed by atoms with Crippen LogP contribution in [0.1, 0.15) is 85.3 Å². The number of ketones is 1. The predicted molar refractivity (Wildman–Crippen MR) is 137 cm³/mol. The lowest BCUT2D eigenvalue weighted by Gasteiger charge is -2.23. The molecule has 0 aromatic heterocycles. The number of carbonyl (C=O) groups excluding carboxylic acids is 1. The van der Waals surface area contributed by atoms with Gasteiger partial charge in [0, 0.05) is 12.5 Å². The fourth-order valence-corrected chi connectivity index (χ4v) is 2.86. The number of hydrogen-bond donors (Lipinski definition) is 1. The highest BCUT2D eigenvalue weighted by molar-refractivity contribution is 6.38. The molecule has 0 amide bonds. The Labute approximate surface area is 194 Å². The molecule has 0 aliphatic heterocycles. The molecule has 1 aromatic rings. The van der Waals surface area contributed by atoms with Crippen LogP contribution in [0.3, 0.4) is 0 Å². The maximum Gasteiger partial charge on any atom is 0.173 e. The summed E-state index contributed by atoms with van der Waals surface area (Å²) in [7, 11) is 0. The minimum atomic E-state index is -1.67. The Hall–Kier alpha value is -2.75. The maximum absolute atomic E-state index is 15.5. The molecule has 176 valence electrons. The summed E-state index contributed by atoms with van der Waals surface area (Å²) in [5.41, 5.74) is 0.513. The fourth-order valence-electron chi connectivity index (χ4n) is 2.86. The van der Waals surface area contributed by atoms with E-state index in [0.29, 0.717) is 34.5 Å². The van der Waals surface area contributed by atoms with Crippen molar-refractivity contribution in [2.45, 2.75) is 79.8 Å². The summed E-state index contributed by atoms with van der Waals surface area (Å²) in [6.07, 6.45) is 11.7. The van der Waals surface area contributed by atoms with Crippen molar-refractivity contribution >= 4 is 17.3 Å². The summed E-state index contributed by atoms with van der Waals surface area (Å²) in [5.74, 6) is -0.202. The third-order valence-electron chi connectivity index (χ3n) is 4.99. The highest BCUT2D eigenvalue weighted by Crippen LogP contribution is 2.35. The van der Waals surface area contributed by atoms with Crippen LogP contribution in [-0.2, 0) is 10.5 Å². The molecule has 0 aliphatic carbocycles. The van der Waals surface area contributed by atoms with Gasteiger partial charge in [-0.05, 0) is 45.3 Å². The molecule has 0 aliphatic rings. The van der Waals surface area contributed by atoms with E-state index < -0.39 is 5.67 Å². The van der Waals surface area contributed by atoms with Gasteiger partial charge in [0.2, 0.25) is 0 Å². The number of halogens is 1. The van der Waals surface area contributed by atoms with Crippen molar-refractivity contribution in [3.8, 4) is 0 Å². The minimum Gasteiger partial charge on any atom is -0.505 e. The van der Waals surface area contributed by atoms with Crippen molar-refractivity contribution in [3.63, 3.8) is 0 Å². The molecule has 1 aromatic carbocycles. The van der Waals surface area contributed by atoms with E-state index in [9.17, 15) is 9.90 Å². The quantitative estimate of drug-likeness (QED) is 0.171. The summed E-state index contributed by atoms with van der Waals surface area (Å²) < 4.78 is 15.5. The lowest BCUT2D eigenvalue weighted by Crippen LogP contribution is -2.17. The number of aliphatic hydroxyl groups excluding tert-OH is 1. The van der Waals surface area contributed by atoms with Gasteiger partial charge in [0.1, 0.15) is 5.76 Å². The summed E-state index contributed by atoms with van der Waals surface area (Å²) in [5, 5.41) is 10.4. The number of benzene rings is 1. The highest BCUT2D eigenvalue weighted by atomic mass is 19.1. The molecule has 0 saturated heterocycles. The first-order chi connectivity index (χ1) is 15.1. The third kappa shape index (κ3) is 9.59. The zero-order chi connectivity index (χ0) is 24.7. The van der Waals surface area contributed by atoms with Crippen molar-refractivity contribution in [2.24, 2.45) is 4.99 Å². The van der Waals surface area contributed by atoms with E-state index in [2.05, 4.69) is 25.4 Å². The smallest absolute Gasteiger partial charge is 0.173 e. The second-order valence-electron chi connectivity index (χ2n) is 7.81. The standard InChI is InChI=1S/C23H28FNO2.C5H12/c1-7-9-11-20(10-8-2)23(6,24)21-14-12-19(13-15-21)22(27)17(4)25-16(3)18(5)26;1-3-5-4-2/h7-8,10-15,27H,1,9H2,2-6H3;3-5H2,1-2H3/b10-8-,20-11+,22-17-,25-16?;. The molecule has 1 N–H and O–H groups in total. The van der Waals surface area contributed by atoms with Gasteiger partial charge in [-0.3, -0.25) is 9.79 Å². The number of carbonyl (C=O) groups is 1. The van der Waals surface area contributed by atoms with Crippen LogP contribution in [0.5, 0.6) is 0 Å². The van der Waals surface area contributed by atoms with Crippen LogP contribution in [0.15, 0.2) is 71.4 Å². The summed E-state index contributed by atoms with van der Waals surface area (Å²) in [6.45, 7) is 16.1. The number of unbranched alkanes of at least 4 members (excludes halogenated alkanes) is 2. The van der Waals surface area contributed by atoms with E-state index in [1.165, 1.54) is 33.1 Å². The Morgan fingerprint density at radius 2 is 1.72 bits per heavy atom. The van der Waals surface area contributed by atoms with Crippen LogP contribution >= 0.6 is 0 Å². The number of Topliss-reactive ketones (excluding diaryl/α,β-unsaturated/α-hetero) is 1. The Morgan fingerprint density at radius 3 is 2.12 bits per heavy atom. The molecule has 0 bridgehead atoms. The van der Waals surface area contributed by atoms with E-state index in [1.807, 2.05) is 13.0 Å². The summed E-state index contributed by atoms with van der Waals surface area (Å²) >= 11 is 0. The topological polar surface area (TPSA) is 49.7 Å². The molecule has 0 fully saturated rings. The zero-order valence-corrected chi connectivity index (χ0v) is 20.8. The number of allylic oxidation sites excluding steroid dienone is 6. The van der Waals surface area contributed by atoms with Crippen LogP contribution in [0.4, 0.5) is 4.39 Å². The van der Waals surface area contributed by atoms with Gasteiger partial charge in [0.25, 0.3) is 0 Å². The number of hydrogen-bond acceptors (Lipinski definition) is 3. The van der Waals surface area contributed by atoms with E-state index in [0.717, 1.165) is 0 Å². The van der Waals surface area contributed by atoms with Gasteiger partial charge in [-0.15, -0.1) is 6.58 Å². The molecule has 0 spiro atoms. The maximum atomic E-state index is 15.5. The highest BCUT2D eigenvalue weighted by Gasteiger charge is 2.29. The first kappa shape index (κ1) is 29.2. The first-order valence-electron chi connectivity index (χ1n) is 11.3. The molecule has 1 atom stereocenters. The number of alkyl halides is 1. The van der Waals surface area contributed by atoms with Crippen LogP contribution in [-0.4, -0.2) is 16.6 Å². The number of nitrogens with zero attached hydrogens (tertiary/aromatic N) is 1. The molecule has 1 rings (SSSR count). The van der Waals surface area contributed by atoms with Crippen molar-refractivity contribution in [1.82, 2.24) is 0 Å². The lowest BCUT2D eigenvalue weighted by atomic mass is 9.88. The lowest BCUT2D eigenvalue weighted by molar-refractivity contribution is -0.111. The first-order valence-corrected chi connectivity index (χ1v) is 11.3. The molecule has 1 unspecified atom stereocenters. The van der Waals surface area contributed by atoms with E-state index in [-0.39, 0.29) is 11.5 Å². The van der Waals surface area contributed by atoms with E-state index >= 15 is 4.39 Å². The summed E-state index contributed by atoms with van der Waals surface area (Å²) in [4.78, 5) is 15.4. The predicted octanol–water partition coefficient (Wildman–Crippen LogP) is 8.44. The molecule has 3 nitrogen and oxygen atoms in total. The average molecular weight is 442 g/mol. The second kappa shape index (κ2) is 15.1. The monoisotopic (exact) mass is 441 g/mol. The molecular formula is C28H40FNO2. The third-order valence-corrected chi connectivity index (χ3v) is 4.99. The van der Waals surface area contributed by atoms with Gasteiger partial charge in [0.05, 0.1) is 11.4 Å². The Bertz CT molecular complexity index is 854. The molecule has 0 heterocycles. The largest absolute Gasteiger partial charge is 0.505 e. The van der Waals surface area contributed by atoms with Crippen LogP contribution < -0.4 is 0 Å². The molecular weight excluding hydrogens is 401 g/mol. The number of aliphatic imine (C=N–C) groups is 1. The van der Waals surface area contributed by atoms with Gasteiger partial charge in [-0.25, -0.2) is 4.39 Å². The van der Waals surface area contributed by atoms with Crippen LogP contribution in [0.25, 0.3) is 5.76 Å². The molecule has 32 heavy (non-hydrogen) atoms. The molecule has 4 heteroatoms. The molecule has 0 radical (unpaired) electrons. The Morgan fingerprint density at radius 1 is 1.16 bits per heavy atom. The van der Waals surface area contributed by atoms with Gasteiger partial charge in [-0.1, -0.05) is 81.7 Å². The van der Waals surface area contributed by atoms with Crippen molar-refractivity contribution in [2.75, 3.05) is 0 Å². The van der Waals surface area contributed by atoms with Crippen LogP contribution in [0.2, 0.25) is 0 Å². The SMILES string of the molecule is C=CC/C=C(\C=C/C)C(C)(F)c1ccc(/C(O)=C(\C)N=C(C)C(C)=O)cc1.CCCCC. The van der Waals surface area contributed by atoms with Gasteiger partial charge in [0.15, 0.2) is 11.5 Å². The summed E-state index contributed by atoms with van der Waals surface area (Å²) in [6, 6.07) is 6.58. The van der Waals surface area contributed by atoms with E-state index in [4.69, 9.17) is 0 Å². The minimum absolute atomic E-state index is 0.0430. The zero-order valence-electron chi connectivity index (χ0n) is 20.8. The van der Waals surface area contributed by atoms with Crippen molar-refractivity contribution < 1.29 is 14.3 Å². The van der Waals surface area contributed by atoms with E-state index in [1.54, 1.807) is 56.3 Å². The Balaban J connectivity index is 0.00000172. The van der Waals surface area contributed by atoms with Crippen molar-refractivity contribution in [1.29, 1.82) is 0 Å². The van der Waals surface area contributed by atoms with Gasteiger partial charge >= 0.3 is 0 Å². The molecule has 0 saturated carbocycles. The number of rotatable bonds is 10. The second-order valence-corrected chi connectivity index (χ2v) is 7.81. The van der Waals surface area contributed by atoms with Gasteiger partial charge < -0.3 is 5.11 Å². The number of aliphatic hydroxyl groups is 1.